The van der Waals surface area contributed by atoms with E-state index in [0.29, 0.717) is 24.5 Å². The molecule has 0 aliphatic rings. The Balaban J connectivity index is 1.66. The van der Waals surface area contributed by atoms with E-state index in [2.05, 4.69) is 10.1 Å². The molecule has 0 unspecified atom stereocenters. The number of benzene rings is 2. The summed E-state index contributed by atoms with van der Waals surface area (Å²) in [6.45, 7) is 2.64. The van der Waals surface area contributed by atoms with E-state index in [1.54, 1.807) is 24.3 Å². The molecule has 1 amide bonds. The van der Waals surface area contributed by atoms with Gasteiger partial charge in [0.15, 0.2) is 6.61 Å². The van der Waals surface area contributed by atoms with Gasteiger partial charge in [-0.05, 0) is 48.9 Å². The topological polar surface area (TPSA) is 73.9 Å². The van der Waals surface area contributed by atoms with E-state index in [0.717, 1.165) is 11.3 Å². The SMILES string of the molecule is COC(=O)c1ccc(OCC(=O)NCCOc2cccc(C)c2)cc1. The summed E-state index contributed by atoms with van der Waals surface area (Å²) in [7, 11) is 1.32. The van der Waals surface area contributed by atoms with Gasteiger partial charge in [-0.3, -0.25) is 4.79 Å². The molecule has 25 heavy (non-hydrogen) atoms. The minimum atomic E-state index is -0.419. The average molecular weight is 343 g/mol. The van der Waals surface area contributed by atoms with Crippen molar-refractivity contribution in [2.45, 2.75) is 6.92 Å². The maximum atomic E-state index is 11.7. The highest BCUT2D eigenvalue weighted by molar-refractivity contribution is 5.89. The molecule has 6 heteroatoms. The Morgan fingerprint density at radius 3 is 2.44 bits per heavy atom. The Morgan fingerprint density at radius 1 is 1.00 bits per heavy atom. The van der Waals surface area contributed by atoms with Gasteiger partial charge in [-0.2, -0.15) is 0 Å². The molecule has 0 spiro atoms. The molecule has 0 radical (unpaired) electrons. The van der Waals surface area contributed by atoms with Crippen LogP contribution in [0.25, 0.3) is 0 Å². The molecule has 0 aliphatic heterocycles. The minimum Gasteiger partial charge on any atom is -0.492 e. The van der Waals surface area contributed by atoms with E-state index in [-0.39, 0.29) is 12.5 Å². The third-order valence-corrected chi connectivity index (χ3v) is 3.33. The largest absolute Gasteiger partial charge is 0.492 e. The van der Waals surface area contributed by atoms with Gasteiger partial charge in [-0.15, -0.1) is 0 Å². The van der Waals surface area contributed by atoms with E-state index in [4.69, 9.17) is 9.47 Å². The van der Waals surface area contributed by atoms with Crippen molar-refractivity contribution in [3.63, 3.8) is 0 Å². The quantitative estimate of drug-likeness (QED) is 0.588. The number of hydrogen-bond acceptors (Lipinski definition) is 5. The fraction of sp³-hybridized carbons (Fsp3) is 0.263. The lowest BCUT2D eigenvalue weighted by molar-refractivity contribution is -0.123. The number of nitrogens with one attached hydrogen (secondary N) is 1. The molecule has 0 bridgehead atoms. The van der Waals surface area contributed by atoms with Gasteiger partial charge < -0.3 is 19.5 Å². The van der Waals surface area contributed by atoms with E-state index >= 15 is 0 Å². The molecule has 132 valence electrons. The molecule has 0 atom stereocenters. The molecule has 0 fully saturated rings. The Morgan fingerprint density at radius 2 is 1.76 bits per heavy atom. The lowest BCUT2D eigenvalue weighted by atomic mass is 10.2. The predicted octanol–water partition coefficient (Wildman–Crippen LogP) is 2.36. The predicted molar refractivity (Wildman–Crippen MR) is 93.0 cm³/mol. The van der Waals surface area contributed by atoms with Crippen molar-refractivity contribution in [3.05, 3.63) is 59.7 Å². The number of amides is 1. The molecular formula is C19H21NO5. The standard InChI is InChI=1S/C19H21NO5/c1-14-4-3-5-17(12-14)24-11-10-20-18(21)13-25-16-8-6-15(7-9-16)19(22)23-2/h3-9,12H,10-11,13H2,1-2H3,(H,20,21). The number of ether oxygens (including phenoxy) is 3. The average Bonchev–Trinajstić information content (AvgIpc) is 2.63. The highest BCUT2D eigenvalue weighted by atomic mass is 16.5. The first-order chi connectivity index (χ1) is 12.1. The van der Waals surface area contributed by atoms with Gasteiger partial charge in [0, 0.05) is 0 Å². The molecular weight excluding hydrogens is 322 g/mol. The second-order valence-corrected chi connectivity index (χ2v) is 5.32. The number of aryl methyl sites for hydroxylation is 1. The van der Waals surface area contributed by atoms with Gasteiger partial charge in [0.1, 0.15) is 18.1 Å². The molecule has 0 aliphatic carbocycles. The number of methoxy groups -OCH3 is 1. The minimum absolute atomic E-state index is 0.109. The summed E-state index contributed by atoms with van der Waals surface area (Å²) < 4.78 is 15.5. The molecule has 0 saturated heterocycles. The number of carbonyl (C=O) groups is 2. The van der Waals surface area contributed by atoms with Gasteiger partial charge in [0.25, 0.3) is 5.91 Å². The van der Waals surface area contributed by atoms with Crippen molar-refractivity contribution < 1.29 is 23.8 Å². The van der Waals surface area contributed by atoms with Crippen molar-refractivity contribution in [1.29, 1.82) is 0 Å². The summed E-state index contributed by atoms with van der Waals surface area (Å²) in [6.07, 6.45) is 0. The van der Waals surface area contributed by atoms with Crippen molar-refractivity contribution >= 4 is 11.9 Å². The summed E-state index contributed by atoms with van der Waals surface area (Å²) in [5.74, 6) is 0.609. The van der Waals surface area contributed by atoms with Crippen LogP contribution in [0.4, 0.5) is 0 Å². The lowest BCUT2D eigenvalue weighted by Gasteiger charge is -2.09. The molecule has 2 aromatic carbocycles. The summed E-state index contributed by atoms with van der Waals surface area (Å²) in [4.78, 5) is 23.1. The van der Waals surface area contributed by atoms with Crippen molar-refractivity contribution in [2.24, 2.45) is 0 Å². The Bertz CT molecular complexity index is 712. The Labute approximate surface area is 146 Å². The van der Waals surface area contributed by atoms with E-state index < -0.39 is 5.97 Å². The van der Waals surface area contributed by atoms with Crippen molar-refractivity contribution in [1.82, 2.24) is 5.32 Å². The zero-order chi connectivity index (χ0) is 18.1. The maximum absolute atomic E-state index is 11.7. The first kappa shape index (κ1) is 18.3. The van der Waals surface area contributed by atoms with E-state index in [1.807, 2.05) is 31.2 Å². The molecule has 0 saturated carbocycles. The van der Waals surface area contributed by atoms with Crippen molar-refractivity contribution in [2.75, 3.05) is 26.9 Å². The fourth-order valence-electron chi connectivity index (χ4n) is 2.07. The lowest BCUT2D eigenvalue weighted by Crippen LogP contribution is -2.32. The van der Waals surface area contributed by atoms with Gasteiger partial charge in [-0.1, -0.05) is 12.1 Å². The number of rotatable bonds is 8. The van der Waals surface area contributed by atoms with Gasteiger partial charge in [-0.25, -0.2) is 4.79 Å². The Kier molecular flexibility index (Phi) is 6.83. The highest BCUT2D eigenvalue weighted by Gasteiger charge is 2.06. The van der Waals surface area contributed by atoms with Crippen LogP contribution in [0.1, 0.15) is 15.9 Å². The second-order valence-electron chi connectivity index (χ2n) is 5.32. The van der Waals surface area contributed by atoms with E-state index in [9.17, 15) is 9.59 Å². The summed E-state index contributed by atoms with van der Waals surface area (Å²) in [5.41, 5.74) is 1.54. The molecule has 0 heterocycles. The molecule has 2 rings (SSSR count). The summed E-state index contributed by atoms with van der Waals surface area (Å²) in [6, 6.07) is 14.1. The Hall–Kier alpha value is -3.02. The van der Waals surface area contributed by atoms with Crippen LogP contribution in [0.5, 0.6) is 11.5 Å². The maximum Gasteiger partial charge on any atom is 0.337 e. The second kappa shape index (κ2) is 9.32. The first-order valence-corrected chi connectivity index (χ1v) is 7.86. The van der Waals surface area contributed by atoms with Crippen LogP contribution >= 0.6 is 0 Å². The van der Waals surface area contributed by atoms with E-state index in [1.165, 1.54) is 7.11 Å². The van der Waals surface area contributed by atoms with Crippen LogP contribution in [0, 0.1) is 6.92 Å². The van der Waals surface area contributed by atoms with Crippen LogP contribution in [0.3, 0.4) is 0 Å². The summed E-state index contributed by atoms with van der Waals surface area (Å²) in [5, 5.41) is 2.71. The smallest absolute Gasteiger partial charge is 0.337 e. The molecule has 2 aromatic rings. The third-order valence-electron chi connectivity index (χ3n) is 3.33. The summed E-state index contributed by atoms with van der Waals surface area (Å²) >= 11 is 0. The zero-order valence-electron chi connectivity index (χ0n) is 14.3. The number of esters is 1. The van der Waals surface area contributed by atoms with Crippen LogP contribution in [-0.2, 0) is 9.53 Å². The normalized spacial score (nSPS) is 10.0. The monoisotopic (exact) mass is 343 g/mol. The van der Waals surface area contributed by atoms with Crippen LogP contribution in [0.15, 0.2) is 48.5 Å². The third kappa shape index (κ3) is 6.18. The van der Waals surface area contributed by atoms with Crippen LogP contribution in [0.2, 0.25) is 0 Å². The first-order valence-electron chi connectivity index (χ1n) is 7.86. The highest BCUT2D eigenvalue weighted by Crippen LogP contribution is 2.13. The zero-order valence-corrected chi connectivity index (χ0v) is 14.3. The van der Waals surface area contributed by atoms with Gasteiger partial charge >= 0.3 is 5.97 Å². The van der Waals surface area contributed by atoms with Crippen LogP contribution in [-0.4, -0.2) is 38.7 Å². The van der Waals surface area contributed by atoms with Gasteiger partial charge in [0.2, 0.25) is 0 Å². The molecule has 6 nitrogen and oxygen atoms in total. The number of carbonyl (C=O) groups excluding carboxylic acids is 2. The van der Waals surface area contributed by atoms with Crippen molar-refractivity contribution in [3.8, 4) is 11.5 Å². The van der Waals surface area contributed by atoms with Crippen LogP contribution < -0.4 is 14.8 Å². The number of hydrogen-bond donors (Lipinski definition) is 1. The molecule has 1 N–H and O–H groups in total. The van der Waals surface area contributed by atoms with Gasteiger partial charge in [0.05, 0.1) is 19.2 Å². The molecule has 0 aromatic heterocycles. The fourth-order valence-corrected chi connectivity index (χ4v) is 2.07.